The highest BCUT2D eigenvalue weighted by atomic mass is 16.5. The van der Waals surface area contributed by atoms with Crippen LogP contribution in [0.25, 0.3) is 0 Å². The molecule has 0 aromatic heterocycles. The molecule has 4 heteroatoms. The van der Waals surface area contributed by atoms with Gasteiger partial charge in [0.1, 0.15) is 11.9 Å². The molecule has 4 aliphatic carbocycles. The van der Waals surface area contributed by atoms with Gasteiger partial charge in [-0.25, -0.2) is 0 Å². The summed E-state index contributed by atoms with van der Waals surface area (Å²) in [6, 6.07) is 0. The van der Waals surface area contributed by atoms with E-state index >= 15 is 0 Å². The van der Waals surface area contributed by atoms with Gasteiger partial charge >= 0.3 is 5.97 Å². The quantitative estimate of drug-likeness (QED) is 0.581. The van der Waals surface area contributed by atoms with E-state index in [0.29, 0.717) is 5.92 Å². The van der Waals surface area contributed by atoms with Crippen molar-refractivity contribution in [1.82, 2.24) is 0 Å². The molecule has 4 aliphatic rings. The van der Waals surface area contributed by atoms with Crippen LogP contribution in [0, 0.1) is 28.6 Å². The number of ketones is 1. The molecule has 4 nitrogen and oxygen atoms in total. The van der Waals surface area contributed by atoms with Crippen LogP contribution in [0.3, 0.4) is 0 Å². The van der Waals surface area contributed by atoms with Gasteiger partial charge in [0.05, 0.1) is 5.60 Å². The number of esters is 1. The van der Waals surface area contributed by atoms with Gasteiger partial charge in [0.15, 0.2) is 0 Å². The first-order chi connectivity index (χ1) is 12.6. The number of ether oxygens (including phenoxy) is 1. The summed E-state index contributed by atoms with van der Waals surface area (Å²) in [6.45, 7) is 7.72. The van der Waals surface area contributed by atoms with Crippen molar-refractivity contribution in [2.45, 2.75) is 90.8 Å². The topological polar surface area (TPSA) is 63.6 Å². The molecule has 0 aliphatic heterocycles. The average molecular weight is 375 g/mol. The summed E-state index contributed by atoms with van der Waals surface area (Å²) in [5.74, 6) is 0.745. The van der Waals surface area contributed by atoms with E-state index in [0.717, 1.165) is 51.4 Å². The van der Waals surface area contributed by atoms with Gasteiger partial charge in [-0.05, 0) is 69.1 Å². The number of Topliss-reactive ketones (excluding diaryl/α,β-unsaturated/α-hetero) is 1. The molecule has 1 N–H and O–H groups in total. The van der Waals surface area contributed by atoms with Crippen LogP contribution in [0.15, 0.2) is 11.6 Å². The van der Waals surface area contributed by atoms with Gasteiger partial charge in [0.2, 0.25) is 0 Å². The van der Waals surface area contributed by atoms with Gasteiger partial charge < -0.3 is 9.84 Å². The molecule has 4 rings (SSSR count). The van der Waals surface area contributed by atoms with Gasteiger partial charge in [-0.3, -0.25) is 9.59 Å². The van der Waals surface area contributed by atoms with Crippen molar-refractivity contribution in [3.8, 4) is 0 Å². The summed E-state index contributed by atoms with van der Waals surface area (Å²) in [6.07, 6.45) is 9.58. The second-order valence-electron chi connectivity index (χ2n) is 10.2. The first-order valence-electron chi connectivity index (χ1n) is 10.7. The zero-order chi connectivity index (χ0) is 19.6. The van der Waals surface area contributed by atoms with Crippen LogP contribution >= 0.6 is 0 Å². The molecule has 27 heavy (non-hydrogen) atoms. The first-order valence-corrected chi connectivity index (χ1v) is 10.7. The molecule has 7 atom stereocenters. The van der Waals surface area contributed by atoms with Crippen molar-refractivity contribution in [2.24, 2.45) is 28.6 Å². The van der Waals surface area contributed by atoms with Crippen molar-refractivity contribution in [2.75, 3.05) is 0 Å². The zero-order valence-electron chi connectivity index (χ0n) is 17.2. The van der Waals surface area contributed by atoms with Crippen LogP contribution in [0.5, 0.6) is 0 Å². The molecule has 0 aromatic rings. The van der Waals surface area contributed by atoms with Crippen LogP contribution in [-0.2, 0) is 14.3 Å². The van der Waals surface area contributed by atoms with E-state index in [2.05, 4.69) is 19.9 Å². The second kappa shape index (κ2) is 6.17. The minimum absolute atomic E-state index is 0.00124. The number of carbonyl (C=O) groups excluding carboxylic acids is 2. The normalized spacial score (nSPS) is 48.7. The molecule has 3 saturated carbocycles. The van der Waals surface area contributed by atoms with Crippen LogP contribution in [0.4, 0.5) is 0 Å². The lowest BCUT2D eigenvalue weighted by Gasteiger charge is -2.61. The third kappa shape index (κ3) is 2.58. The van der Waals surface area contributed by atoms with E-state index in [1.807, 2.05) is 0 Å². The highest BCUT2D eigenvalue weighted by Gasteiger charge is 2.66. The van der Waals surface area contributed by atoms with Gasteiger partial charge in [0, 0.05) is 24.7 Å². The molecular formula is C23H34O4. The lowest BCUT2D eigenvalue weighted by molar-refractivity contribution is -0.182. The predicted octanol–water partition coefficient (Wildman–Crippen LogP) is 4.20. The average Bonchev–Trinajstić information content (AvgIpc) is 2.86. The third-order valence-corrected chi connectivity index (χ3v) is 9.07. The molecule has 150 valence electrons. The Morgan fingerprint density at radius 2 is 1.81 bits per heavy atom. The summed E-state index contributed by atoms with van der Waals surface area (Å²) < 4.78 is 5.50. The Labute approximate surface area is 162 Å². The van der Waals surface area contributed by atoms with Crippen LogP contribution in [0.1, 0.15) is 79.1 Å². The number of fused-ring (bicyclic) bond motifs is 5. The van der Waals surface area contributed by atoms with E-state index in [1.54, 1.807) is 6.92 Å². The standard InChI is InChI=1S/C23H34O4/c1-14(24)18-9-12-23(26)20-6-5-16-13-17(27-15(2)25)7-10-21(16,3)19(20)8-11-22(18,23)4/h5,17-20,26H,6-13H2,1-4H3. The van der Waals surface area contributed by atoms with E-state index < -0.39 is 5.60 Å². The fraction of sp³-hybridized carbons (Fsp3) is 0.826. The maximum absolute atomic E-state index is 12.3. The maximum atomic E-state index is 12.3. The van der Waals surface area contributed by atoms with Gasteiger partial charge in [-0.15, -0.1) is 0 Å². The monoisotopic (exact) mass is 374 g/mol. The number of rotatable bonds is 2. The van der Waals surface area contributed by atoms with Crippen LogP contribution in [0.2, 0.25) is 0 Å². The number of aliphatic hydroxyl groups is 1. The van der Waals surface area contributed by atoms with Gasteiger partial charge in [-0.2, -0.15) is 0 Å². The Morgan fingerprint density at radius 3 is 2.48 bits per heavy atom. The number of hydrogen-bond acceptors (Lipinski definition) is 4. The number of allylic oxidation sites excluding steroid dienone is 1. The van der Waals surface area contributed by atoms with E-state index in [1.165, 1.54) is 12.5 Å². The Morgan fingerprint density at radius 1 is 1.07 bits per heavy atom. The Kier molecular flexibility index (Phi) is 4.38. The Balaban J connectivity index is 1.64. The molecule has 3 fully saturated rings. The minimum atomic E-state index is -0.732. The fourth-order valence-corrected chi connectivity index (χ4v) is 7.58. The molecule has 0 bridgehead atoms. The highest BCUT2D eigenvalue weighted by Crippen LogP contribution is 2.68. The molecule has 0 spiro atoms. The molecule has 0 heterocycles. The molecule has 0 saturated heterocycles. The summed E-state index contributed by atoms with van der Waals surface area (Å²) in [7, 11) is 0. The molecule has 0 aromatic carbocycles. The summed E-state index contributed by atoms with van der Waals surface area (Å²) in [5, 5.41) is 11.9. The van der Waals surface area contributed by atoms with E-state index in [9.17, 15) is 14.7 Å². The largest absolute Gasteiger partial charge is 0.462 e. The minimum Gasteiger partial charge on any atom is -0.462 e. The van der Waals surface area contributed by atoms with Crippen molar-refractivity contribution >= 4 is 11.8 Å². The smallest absolute Gasteiger partial charge is 0.302 e. The number of carbonyl (C=O) groups is 2. The fourth-order valence-electron chi connectivity index (χ4n) is 7.58. The molecule has 7 unspecified atom stereocenters. The summed E-state index contributed by atoms with van der Waals surface area (Å²) >= 11 is 0. The predicted molar refractivity (Wildman–Crippen MR) is 103 cm³/mol. The lowest BCUT2D eigenvalue weighted by Crippen LogP contribution is -2.60. The van der Waals surface area contributed by atoms with Crippen LogP contribution in [-0.4, -0.2) is 28.6 Å². The third-order valence-electron chi connectivity index (χ3n) is 9.07. The van der Waals surface area contributed by atoms with Crippen LogP contribution < -0.4 is 0 Å². The zero-order valence-corrected chi connectivity index (χ0v) is 17.2. The molecule has 0 radical (unpaired) electrons. The Hall–Kier alpha value is -1.16. The summed E-state index contributed by atoms with van der Waals surface area (Å²) in [5.41, 5.74) is 0.501. The molecule has 0 amide bonds. The highest BCUT2D eigenvalue weighted by molar-refractivity contribution is 5.80. The van der Waals surface area contributed by atoms with Crippen molar-refractivity contribution in [1.29, 1.82) is 0 Å². The van der Waals surface area contributed by atoms with E-state index in [4.69, 9.17) is 4.74 Å². The lowest BCUT2D eigenvalue weighted by atomic mass is 9.45. The number of hydrogen-bond donors (Lipinski definition) is 1. The van der Waals surface area contributed by atoms with Crippen molar-refractivity contribution in [3.05, 3.63) is 11.6 Å². The van der Waals surface area contributed by atoms with Crippen molar-refractivity contribution in [3.63, 3.8) is 0 Å². The maximum Gasteiger partial charge on any atom is 0.302 e. The van der Waals surface area contributed by atoms with Gasteiger partial charge in [0.25, 0.3) is 0 Å². The summed E-state index contributed by atoms with van der Waals surface area (Å²) in [4.78, 5) is 23.6. The van der Waals surface area contributed by atoms with E-state index in [-0.39, 0.29) is 40.5 Å². The second-order valence-corrected chi connectivity index (χ2v) is 10.2. The SMILES string of the molecule is CC(=O)OC1CCC2(C)C(=CCC3C2CCC2(C)C(C(C)=O)CCC32O)C1. The molecular weight excluding hydrogens is 340 g/mol. The Bertz CT molecular complexity index is 696. The van der Waals surface area contributed by atoms with Gasteiger partial charge in [-0.1, -0.05) is 25.5 Å². The first kappa shape index (κ1) is 19.2. The van der Waals surface area contributed by atoms with Crippen molar-refractivity contribution < 1.29 is 19.4 Å².